The largest absolute Gasteiger partial charge is 0.493 e. The van der Waals surface area contributed by atoms with Crippen molar-refractivity contribution in [1.29, 1.82) is 0 Å². The second-order valence-electron chi connectivity index (χ2n) is 7.35. The van der Waals surface area contributed by atoms with E-state index in [2.05, 4.69) is 26.7 Å². The first-order chi connectivity index (χ1) is 16.9. The van der Waals surface area contributed by atoms with Gasteiger partial charge in [0.05, 0.1) is 12.8 Å². The molecule has 3 aromatic rings. The predicted octanol–water partition coefficient (Wildman–Crippen LogP) is 4.59. The topological polar surface area (TPSA) is 97.0 Å². The first-order valence-electron chi connectivity index (χ1n) is 10.3. The lowest BCUT2D eigenvalue weighted by Gasteiger charge is -2.15. The third-order valence-corrected chi connectivity index (χ3v) is 5.66. The lowest BCUT2D eigenvalue weighted by atomic mass is 10.1. The highest BCUT2D eigenvalue weighted by molar-refractivity contribution is 9.10. The van der Waals surface area contributed by atoms with Crippen LogP contribution in [0.3, 0.4) is 0 Å². The second-order valence-corrected chi connectivity index (χ2v) is 8.70. The number of rotatable bonds is 7. The fourth-order valence-electron chi connectivity index (χ4n) is 3.34. The van der Waals surface area contributed by atoms with E-state index in [9.17, 15) is 14.4 Å². The monoisotopic (exact) mass is 555 g/mol. The minimum absolute atomic E-state index is 0.0931. The van der Waals surface area contributed by atoms with E-state index < -0.39 is 17.7 Å². The Bertz CT molecular complexity index is 1310. The van der Waals surface area contributed by atoms with Gasteiger partial charge in [-0.3, -0.25) is 19.8 Å². The van der Waals surface area contributed by atoms with Crippen molar-refractivity contribution >= 4 is 62.7 Å². The highest BCUT2D eigenvalue weighted by Gasteiger charge is 2.34. The molecule has 35 heavy (non-hydrogen) atoms. The Morgan fingerprint density at radius 1 is 1.11 bits per heavy atom. The predicted molar refractivity (Wildman–Crippen MR) is 136 cm³/mol. The summed E-state index contributed by atoms with van der Waals surface area (Å²) >= 11 is 9.27. The molecule has 178 valence electrons. The van der Waals surface area contributed by atoms with Crippen molar-refractivity contribution in [3.8, 4) is 11.5 Å². The Morgan fingerprint density at radius 2 is 1.83 bits per heavy atom. The van der Waals surface area contributed by atoms with Crippen LogP contribution in [0.2, 0.25) is 5.02 Å². The number of carbonyl (C=O) groups excluding carboxylic acids is 3. The minimum Gasteiger partial charge on any atom is -0.493 e. The number of para-hydroxylation sites is 1. The molecule has 3 amide bonds. The van der Waals surface area contributed by atoms with Gasteiger partial charge in [-0.15, -0.1) is 0 Å². The molecular weight excluding hydrogens is 538 g/mol. The SMILES string of the molecule is COc1cc(Br)cc(/C=C2/C(=O)NN(c3ccccc3)C2=O)c1OCC(=O)Nc1ccc(Cl)cc1. The number of hydrogen-bond acceptors (Lipinski definition) is 5. The van der Waals surface area contributed by atoms with E-state index in [-0.39, 0.29) is 17.9 Å². The summed E-state index contributed by atoms with van der Waals surface area (Å²) in [6.45, 7) is -0.340. The van der Waals surface area contributed by atoms with E-state index >= 15 is 0 Å². The van der Waals surface area contributed by atoms with Crippen LogP contribution in [0.5, 0.6) is 11.5 Å². The maximum Gasteiger partial charge on any atom is 0.282 e. The summed E-state index contributed by atoms with van der Waals surface area (Å²) in [6, 6.07) is 18.7. The Labute approximate surface area is 214 Å². The van der Waals surface area contributed by atoms with Gasteiger partial charge in [0.15, 0.2) is 18.1 Å². The fraction of sp³-hybridized carbons (Fsp3) is 0.0800. The molecule has 4 rings (SSSR count). The van der Waals surface area contributed by atoms with Gasteiger partial charge in [0.25, 0.3) is 17.7 Å². The van der Waals surface area contributed by atoms with Crippen molar-refractivity contribution in [3.05, 3.63) is 87.4 Å². The van der Waals surface area contributed by atoms with Gasteiger partial charge in [0, 0.05) is 20.7 Å². The van der Waals surface area contributed by atoms with Gasteiger partial charge in [-0.2, -0.15) is 0 Å². The molecule has 1 fully saturated rings. The van der Waals surface area contributed by atoms with Gasteiger partial charge >= 0.3 is 0 Å². The van der Waals surface area contributed by atoms with Gasteiger partial charge in [-0.1, -0.05) is 45.7 Å². The molecule has 0 atom stereocenters. The number of nitrogens with zero attached hydrogens (tertiary/aromatic N) is 1. The molecule has 0 bridgehead atoms. The second kappa shape index (κ2) is 10.6. The highest BCUT2D eigenvalue weighted by atomic mass is 79.9. The molecule has 8 nitrogen and oxygen atoms in total. The number of anilines is 2. The van der Waals surface area contributed by atoms with Gasteiger partial charge in [0.2, 0.25) is 0 Å². The lowest BCUT2D eigenvalue weighted by molar-refractivity contribution is -0.118. The molecule has 0 spiro atoms. The number of methoxy groups -OCH3 is 1. The summed E-state index contributed by atoms with van der Waals surface area (Å²) < 4.78 is 11.8. The number of halogens is 2. The zero-order valence-corrected chi connectivity index (χ0v) is 20.7. The van der Waals surface area contributed by atoms with Crippen molar-refractivity contribution in [1.82, 2.24) is 5.43 Å². The van der Waals surface area contributed by atoms with Gasteiger partial charge < -0.3 is 14.8 Å². The number of carbonyl (C=O) groups is 3. The molecule has 0 aliphatic carbocycles. The average Bonchev–Trinajstić information content (AvgIpc) is 3.13. The van der Waals surface area contributed by atoms with Crippen molar-refractivity contribution in [2.75, 3.05) is 24.0 Å². The molecule has 0 radical (unpaired) electrons. The highest BCUT2D eigenvalue weighted by Crippen LogP contribution is 2.37. The van der Waals surface area contributed by atoms with Crippen LogP contribution in [-0.2, 0) is 14.4 Å². The van der Waals surface area contributed by atoms with Crippen LogP contribution >= 0.6 is 27.5 Å². The summed E-state index contributed by atoms with van der Waals surface area (Å²) in [6.07, 6.45) is 1.40. The van der Waals surface area contributed by atoms with Gasteiger partial charge in [-0.25, -0.2) is 5.01 Å². The zero-order valence-electron chi connectivity index (χ0n) is 18.4. The average molecular weight is 557 g/mol. The van der Waals surface area contributed by atoms with Crippen LogP contribution in [0.4, 0.5) is 11.4 Å². The number of hydrogen-bond donors (Lipinski definition) is 2. The fourth-order valence-corrected chi connectivity index (χ4v) is 3.92. The quantitative estimate of drug-likeness (QED) is 0.328. The molecular formula is C25H19BrClN3O5. The molecule has 1 heterocycles. The summed E-state index contributed by atoms with van der Waals surface area (Å²) in [5.41, 5.74) is 3.92. The van der Waals surface area contributed by atoms with E-state index in [1.807, 2.05) is 6.07 Å². The number of ether oxygens (including phenoxy) is 2. The summed E-state index contributed by atoms with van der Waals surface area (Å²) in [5.74, 6) is -0.985. The maximum absolute atomic E-state index is 13.0. The zero-order chi connectivity index (χ0) is 24.9. The van der Waals surface area contributed by atoms with Crippen LogP contribution in [0, 0.1) is 0 Å². The van der Waals surface area contributed by atoms with Crippen molar-refractivity contribution in [3.63, 3.8) is 0 Å². The van der Waals surface area contributed by atoms with E-state index in [4.69, 9.17) is 21.1 Å². The molecule has 1 aliphatic heterocycles. The lowest BCUT2D eigenvalue weighted by Crippen LogP contribution is -2.35. The third kappa shape index (κ3) is 5.64. The normalized spacial score (nSPS) is 14.1. The summed E-state index contributed by atoms with van der Waals surface area (Å²) in [5, 5.41) is 4.43. The Kier molecular flexibility index (Phi) is 7.38. The molecule has 1 aliphatic rings. The van der Waals surface area contributed by atoms with E-state index in [0.717, 1.165) is 0 Å². The first-order valence-corrected chi connectivity index (χ1v) is 11.5. The number of amides is 3. The Hall–Kier alpha value is -3.82. The third-order valence-electron chi connectivity index (χ3n) is 4.95. The molecule has 2 N–H and O–H groups in total. The van der Waals surface area contributed by atoms with Crippen LogP contribution < -0.4 is 25.2 Å². The Balaban J connectivity index is 1.59. The van der Waals surface area contributed by atoms with Crippen LogP contribution in [0.1, 0.15) is 5.56 Å². The standard InChI is InChI=1S/C25H19BrClN3O5/c1-34-21-13-16(26)11-15(23(21)35-14-22(31)28-18-9-7-17(27)8-10-18)12-20-24(32)29-30(25(20)33)19-5-3-2-4-6-19/h2-13H,14H2,1H3,(H,28,31)(H,29,32)/b20-12-. The van der Waals surface area contributed by atoms with Crippen molar-refractivity contribution < 1.29 is 23.9 Å². The molecule has 3 aromatic carbocycles. The first kappa shape index (κ1) is 24.3. The van der Waals surface area contributed by atoms with E-state index in [1.165, 1.54) is 18.2 Å². The summed E-state index contributed by atoms with van der Waals surface area (Å²) in [7, 11) is 1.45. The molecule has 0 unspecified atom stereocenters. The number of nitrogens with one attached hydrogen (secondary N) is 2. The van der Waals surface area contributed by atoms with Crippen molar-refractivity contribution in [2.45, 2.75) is 0 Å². The van der Waals surface area contributed by atoms with Gasteiger partial charge in [-0.05, 0) is 54.6 Å². The van der Waals surface area contributed by atoms with Crippen LogP contribution in [-0.4, -0.2) is 31.4 Å². The van der Waals surface area contributed by atoms with Crippen LogP contribution in [0.25, 0.3) is 6.08 Å². The molecule has 10 heteroatoms. The molecule has 0 aromatic heterocycles. The molecule has 0 saturated carbocycles. The number of benzene rings is 3. The van der Waals surface area contributed by atoms with Crippen molar-refractivity contribution in [2.24, 2.45) is 0 Å². The smallest absolute Gasteiger partial charge is 0.282 e. The van der Waals surface area contributed by atoms with E-state index in [1.54, 1.807) is 60.7 Å². The van der Waals surface area contributed by atoms with Gasteiger partial charge in [0.1, 0.15) is 5.57 Å². The van der Waals surface area contributed by atoms with E-state index in [0.29, 0.717) is 32.2 Å². The number of hydrazine groups is 1. The maximum atomic E-state index is 13.0. The molecule has 1 saturated heterocycles. The Morgan fingerprint density at radius 3 is 2.51 bits per heavy atom. The summed E-state index contributed by atoms with van der Waals surface area (Å²) in [4.78, 5) is 38.0. The van der Waals surface area contributed by atoms with Crippen LogP contribution in [0.15, 0.2) is 76.8 Å². The minimum atomic E-state index is -0.566.